The highest BCUT2D eigenvalue weighted by atomic mass is 14.4. The SMILES string of the molecule is C1CCC(CC(CC2CCCCC2)C2CCCCC2)CC1.C1CCC(CC(CC2CCCCC2)C2CCCCC2)CC1.C1CCC(CC(CC2CCCCC2)C2CCCCC2)CC1.C1CCCCC1.C1CCCCC1. The molecule has 0 atom stereocenters. The van der Waals surface area contributed by atoms with Crippen LogP contribution >= 0.6 is 0 Å². The van der Waals surface area contributed by atoms with Gasteiger partial charge in [0.05, 0.1) is 0 Å². The molecule has 0 aromatic carbocycles. The zero-order valence-corrected chi connectivity index (χ0v) is 51.5. The van der Waals surface area contributed by atoms with Gasteiger partial charge in [-0.2, -0.15) is 0 Å². The van der Waals surface area contributed by atoms with E-state index in [-0.39, 0.29) is 0 Å². The molecule has 0 bridgehead atoms. The average Bonchev–Trinajstić information content (AvgIpc) is 3.50. The smallest absolute Gasteiger partial charge is 0.0381 e. The summed E-state index contributed by atoms with van der Waals surface area (Å²) in [4.78, 5) is 0. The molecule has 0 aromatic heterocycles. The maximum Gasteiger partial charge on any atom is -0.0381 e. The fourth-order valence-corrected chi connectivity index (χ4v) is 19.5. The van der Waals surface area contributed by atoms with Gasteiger partial charge in [-0.1, -0.05) is 366 Å². The Hall–Kier alpha value is 0. The molecule has 0 unspecified atom stereocenters. The first kappa shape index (κ1) is 62.6. The van der Waals surface area contributed by atoms with Gasteiger partial charge < -0.3 is 0 Å². The van der Waals surface area contributed by atoms with Gasteiger partial charge >= 0.3 is 0 Å². The molecule has 438 valence electrons. The minimum atomic E-state index is 1.11. The predicted molar refractivity (Wildman–Crippen MR) is 333 cm³/mol. The third-order valence-electron chi connectivity index (χ3n) is 24.1. The molecule has 0 saturated heterocycles. The van der Waals surface area contributed by atoms with Crippen LogP contribution in [0.3, 0.4) is 0 Å². The second-order valence-electron chi connectivity index (χ2n) is 30.2. The van der Waals surface area contributed by atoms with Crippen LogP contribution in [-0.4, -0.2) is 0 Å². The van der Waals surface area contributed by atoms with E-state index in [1.54, 1.807) is 154 Å². The summed E-state index contributed by atoms with van der Waals surface area (Å²) in [6.07, 6.45) is 97.2. The maximum atomic E-state index is 1.61. The predicted octanol–water partition coefficient (Wildman–Crippen LogP) is 26.1. The Labute approximate surface area is 473 Å². The van der Waals surface area contributed by atoms with E-state index in [1.807, 2.05) is 0 Å². The molecule has 0 spiro atoms. The second kappa shape index (κ2) is 40.2. The number of hydrogen-bond acceptors (Lipinski definition) is 0. The van der Waals surface area contributed by atoms with Crippen LogP contribution in [0.15, 0.2) is 0 Å². The molecule has 0 aliphatic heterocycles. The van der Waals surface area contributed by atoms with Gasteiger partial charge in [-0.25, -0.2) is 0 Å². The molecular weight excluding hydrogens is 901 g/mol. The topological polar surface area (TPSA) is 0 Å². The molecule has 11 saturated carbocycles. The maximum absolute atomic E-state index is 1.61. The van der Waals surface area contributed by atoms with Crippen molar-refractivity contribution in [2.75, 3.05) is 0 Å². The van der Waals surface area contributed by atoms with Gasteiger partial charge in [0.2, 0.25) is 0 Å². The van der Waals surface area contributed by atoms with Crippen LogP contribution in [0.2, 0.25) is 0 Å². The van der Waals surface area contributed by atoms with Crippen LogP contribution < -0.4 is 0 Å². The highest BCUT2D eigenvalue weighted by Gasteiger charge is 2.33. The highest BCUT2D eigenvalue weighted by Crippen LogP contribution is 2.46. The van der Waals surface area contributed by atoms with Crippen molar-refractivity contribution < 1.29 is 0 Å². The third-order valence-corrected chi connectivity index (χ3v) is 24.1. The molecule has 11 fully saturated rings. The second-order valence-corrected chi connectivity index (χ2v) is 30.2. The summed E-state index contributed by atoms with van der Waals surface area (Å²) in [6, 6.07) is 0. The quantitative estimate of drug-likeness (QED) is 0.153. The molecule has 11 aliphatic carbocycles. The summed E-state index contributed by atoms with van der Waals surface area (Å²) in [7, 11) is 0. The molecule has 0 amide bonds. The largest absolute Gasteiger partial charge is 0.0533 e. The van der Waals surface area contributed by atoms with E-state index < -0.39 is 0 Å². The van der Waals surface area contributed by atoms with E-state index >= 15 is 0 Å². The first-order valence-corrected chi connectivity index (χ1v) is 37.2. The Morgan fingerprint density at radius 3 is 0.373 bits per heavy atom. The lowest BCUT2D eigenvalue weighted by atomic mass is 9.69. The number of rotatable bonds is 15. The minimum Gasteiger partial charge on any atom is -0.0533 e. The summed E-state index contributed by atoms with van der Waals surface area (Å²) in [6.45, 7) is 0. The normalized spacial score (nSPS) is 26.8. The lowest BCUT2D eigenvalue weighted by Gasteiger charge is -2.37. The van der Waals surface area contributed by atoms with Crippen molar-refractivity contribution in [3.05, 3.63) is 0 Å². The first-order valence-electron chi connectivity index (χ1n) is 37.2. The van der Waals surface area contributed by atoms with Crippen molar-refractivity contribution in [2.24, 2.45) is 71.0 Å². The summed E-state index contributed by atoms with van der Waals surface area (Å²) in [5.74, 6) is 13.3. The molecule has 0 aromatic rings. The van der Waals surface area contributed by atoms with E-state index in [2.05, 4.69) is 0 Å². The molecule has 0 heterocycles. The van der Waals surface area contributed by atoms with Crippen LogP contribution in [0.25, 0.3) is 0 Å². The lowest BCUT2D eigenvalue weighted by Crippen LogP contribution is -2.25. The van der Waals surface area contributed by atoms with Gasteiger partial charge in [-0.15, -0.1) is 0 Å². The van der Waals surface area contributed by atoms with Crippen molar-refractivity contribution in [3.8, 4) is 0 Å². The van der Waals surface area contributed by atoms with Crippen molar-refractivity contribution in [2.45, 2.75) is 405 Å². The monoisotopic (exact) mass is 1040 g/mol. The van der Waals surface area contributed by atoms with Crippen molar-refractivity contribution in [3.63, 3.8) is 0 Å². The first-order chi connectivity index (χ1) is 37.2. The highest BCUT2D eigenvalue weighted by molar-refractivity contribution is 4.85. The molecule has 0 nitrogen and oxygen atoms in total. The van der Waals surface area contributed by atoms with Crippen LogP contribution in [0, 0.1) is 71.0 Å². The van der Waals surface area contributed by atoms with E-state index in [0.29, 0.717) is 0 Å². The van der Waals surface area contributed by atoms with Gasteiger partial charge in [-0.3, -0.25) is 0 Å². The van der Waals surface area contributed by atoms with Crippen LogP contribution in [0.4, 0.5) is 0 Å². The molecular formula is C75H138. The Balaban J connectivity index is 0.000000147. The van der Waals surface area contributed by atoms with E-state index in [9.17, 15) is 0 Å². The summed E-state index contributed by atoms with van der Waals surface area (Å²) in [5, 5.41) is 0. The van der Waals surface area contributed by atoms with Crippen molar-refractivity contribution in [1.82, 2.24) is 0 Å². The zero-order chi connectivity index (χ0) is 51.5. The van der Waals surface area contributed by atoms with Crippen molar-refractivity contribution in [1.29, 1.82) is 0 Å². The Bertz CT molecular complexity index is 1020. The Morgan fingerprint density at radius 1 is 0.133 bits per heavy atom. The summed E-state index contributed by atoms with van der Waals surface area (Å²) < 4.78 is 0. The minimum absolute atomic E-state index is 1.11. The third kappa shape index (κ3) is 26.6. The van der Waals surface area contributed by atoms with E-state index in [1.165, 1.54) is 250 Å². The molecule has 11 rings (SSSR count). The summed E-state index contributed by atoms with van der Waals surface area (Å²) >= 11 is 0. The standard InChI is InChI=1S/3C21H38.2C6H12/c3*1-4-10-18(11-5-1)16-21(20-14-8-3-9-15-20)17-19-12-6-2-7-13-19;2*1-2-4-6-5-3-1/h3*18-21H,1-17H2;2*1-6H2. The van der Waals surface area contributed by atoms with Crippen LogP contribution in [-0.2, 0) is 0 Å². The molecule has 0 N–H and O–H groups in total. The van der Waals surface area contributed by atoms with Gasteiger partial charge in [0.15, 0.2) is 0 Å². The molecule has 11 aliphatic rings. The van der Waals surface area contributed by atoms with Crippen LogP contribution in [0.5, 0.6) is 0 Å². The molecule has 0 heteroatoms. The molecule has 0 radical (unpaired) electrons. The average molecular weight is 1040 g/mol. The van der Waals surface area contributed by atoms with Gasteiger partial charge in [0.25, 0.3) is 0 Å². The number of hydrogen-bond donors (Lipinski definition) is 0. The van der Waals surface area contributed by atoms with E-state index in [4.69, 9.17) is 0 Å². The summed E-state index contributed by atoms with van der Waals surface area (Å²) in [5.41, 5.74) is 0. The van der Waals surface area contributed by atoms with Crippen LogP contribution in [0.1, 0.15) is 405 Å². The van der Waals surface area contributed by atoms with Crippen molar-refractivity contribution >= 4 is 0 Å². The lowest BCUT2D eigenvalue weighted by molar-refractivity contribution is 0.149. The van der Waals surface area contributed by atoms with Gasteiger partial charge in [-0.05, 0) is 110 Å². The Kier molecular flexibility index (Phi) is 33.6. The zero-order valence-electron chi connectivity index (χ0n) is 51.5. The van der Waals surface area contributed by atoms with Gasteiger partial charge in [0.1, 0.15) is 0 Å². The van der Waals surface area contributed by atoms with Gasteiger partial charge in [0, 0.05) is 0 Å². The molecule has 75 heavy (non-hydrogen) atoms. The fraction of sp³-hybridized carbons (Fsp3) is 1.00. The Morgan fingerprint density at radius 2 is 0.240 bits per heavy atom. The van der Waals surface area contributed by atoms with E-state index in [0.717, 1.165) is 71.0 Å². The fourth-order valence-electron chi connectivity index (χ4n) is 19.5.